The average molecular weight is 680 g/mol. The topological polar surface area (TPSA) is 383 Å². The van der Waals surface area contributed by atoms with Crippen molar-refractivity contribution in [3.63, 3.8) is 0 Å². The zero-order chi connectivity index (χ0) is 34.5. The number of phosphoric ester groups is 2. The molecule has 4 atom stereocenters. The van der Waals surface area contributed by atoms with Gasteiger partial charge in [0, 0.05) is 12.4 Å². The molecule has 0 spiro atoms. The highest BCUT2D eigenvalue weighted by atomic mass is 31.2. The van der Waals surface area contributed by atoms with E-state index >= 15 is 0 Å². The molecule has 21 nitrogen and oxygen atoms in total. The minimum absolute atomic E-state index is 0.171. The van der Waals surface area contributed by atoms with Gasteiger partial charge in [-0.25, -0.2) is 0 Å². The Morgan fingerprint density at radius 3 is 1.71 bits per heavy atom. The van der Waals surface area contributed by atoms with Crippen molar-refractivity contribution in [2.24, 2.45) is 5.73 Å². The van der Waals surface area contributed by atoms with Gasteiger partial charge in [0.05, 0.1) is 19.8 Å². The Hall–Kier alpha value is -3.94. The van der Waals surface area contributed by atoms with Crippen LogP contribution in [0, 0.1) is 0 Å². The van der Waals surface area contributed by atoms with Gasteiger partial charge in [0.25, 0.3) is 5.91 Å². The number of benzene rings is 1. The number of hydrogen-bond donors (Lipinski definition) is 5. The van der Waals surface area contributed by atoms with E-state index in [0.717, 1.165) is 12.1 Å². The van der Waals surface area contributed by atoms with Crippen molar-refractivity contribution < 1.29 is 82.5 Å². The van der Waals surface area contributed by atoms with Gasteiger partial charge in [0.1, 0.15) is 32.3 Å². The van der Waals surface area contributed by atoms with Crippen molar-refractivity contribution in [1.82, 2.24) is 16.0 Å². The Bertz CT molecular complexity index is 1330. The number of aliphatic carboxylic acids is 2. The maximum atomic E-state index is 13.0. The second-order valence-electron chi connectivity index (χ2n) is 9.24. The molecule has 1 aromatic rings. The minimum atomic E-state index is -5.48. The fraction of sp³-hybridized carbons (Fsp3) is 0.455. The molecule has 45 heavy (non-hydrogen) atoms. The molecule has 0 aliphatic rings. The molecule has 23 heteroatoms. The predicted molar refractivity (Wildman–Crippen MR) is 132 cm³/mol. The zero-order valence-corrected chi connectivity index (χ0v) is 24.9. The number of nitrogens with one attached hydrogen (secondary N) is 3. The van der Waals surface area contributed by atoms with Crippen molar-refractivity contribution >= 4 is 51.2 Å². The fourth-order valence-electron chi connectivity index (χ4n) is 3.42. The number of carboxylic acids is 2. The van der Waals surface area contributed by atoms with E-state index in [2.05, 4.69) is 25.4 Å². The first-order chi connectivity index (χ1) is 20.7. The lowest BCUT2D eigenvalue weighted by molar-refractivity contribution is -0.414. The summed E-state index contributed by atoms with van der Waals surface area (Å²) in [4.78, 5) is 115. The van der Waals surface area contributed by atoms with Gasteiger partial charge in [-0.15, -0.1) is 0 Å². The highest BCUT2D eigenvalue weighted by Gasteiger charge is 2.30. The molecule has 1 aromatic carbocycles. The van der Waals surface area contributed by atoms with Crippen LogP contribution in [0.1, 0.15) is 31.2 Å². The van der Waals surface area contributed by atoms with Crippen LogP contribution in [0.15, 0.2) is 24.3 Å². The van der Waals surface area contributed by atoms with Gasteiger partial charge < -0.3 is 85.0 Å². The molecule has 0 heterocycles. The van der Waals surface area contributed by atoms with Crippen LogP contribution < -0.4 is 61.7 Å². The maximum Gasteiger partial charge on any atom is 0.281 e. The van der Waals surface area contributed by atoms with E-state index in [1.54, 1.807) is 0 Å². The molecule has 4 amide bonds. The normalized spacial score (nSPS) is 14.2. The minimum Gasteiger partial charge on any atom is -0.790 e. The SMILES string of the molecule is NC(=O)CC[C@H](NC(=O)[C@@H]([NH3+])COP(=O)([O-])[O-])C(=O)N[C@@H](CCC(=O)[O-])C(=O)N[C@@H](Cc1ccc(OP(=O)([O-])[O-])cc1)C(=O)[O-]. The van der Waals surface area contributed by atoms with E-state index in [-0.39, 0.29) is 11.3 Å². The summed E-state index contributed by atoms with van der Waals surface area (Å²) >= 11 is 0. The Labute approximate surface area is 254 Å². The molecule has 0 aromatic heterocycles. The van der Waals surface area contributed by atoms with Crippen molar-refractivity contribution in [1.29, 1.82) is 0 Å². The third-order valence-electron chi connectivity index (χ3n) is 5.57. The fourth-order valence-corrected chi connectivity index (χ4v) is 4.16. The van der Waals surface area contributed by atoms with Gasteiger partial charge in [0.15, 0.2) is 6.04 Å². The molecule has 0 saturated carbocycles. The van der Waals surface area contributed by atoms with Crippen molar-refractivity contribution in [2.45, 2.75) is 56.3 Å². The highest BCUT2D eigenvalue weighted by molar-refractivity contribution is 7.43. The first-order valence-corrected chi connectivity index (χ1v) is 15.5. The molecule has 1 rings (SSSR count). The summed E-state index contributed by atoms with van der Waals surface area (Å²) in [5.74, 6) is -8.34. The van der Waals surface area contributed by atoms with E-state index in [1.807, 2.05) is 5.32 Å². The van der Waals surface area contributed by atoms with Crippen LogP contribution in [-0.2, 0) is 48.8 Å². The molecular weight excluding hydrogens is 652 g/mol. The van der Waals surface area contributed by atoms with Gasteiger partial charge in [-0.2, -0.15) is 0 Å². The van der Waals surface area contributed by atoms with Gasteiger partial charge in [0.2, 0.25) is 17.7 Å². The van der Waals surface area contributed by atoms with Crippen molar-refractivity contribution in [3.05, 3.63) is 29.8 Å². The summed E-state index contributed by atoms with van der Waals surface area (Å²) in [6.45, 7) is -1.00. The van der Waals surface area contributed by atoms with Crippen LogP contribution in [0.4, 0.5) is 0 Å². The molecule has 0 aliphatic heterocycles. The lowest BCUT2D eigenvalue weighted by Gasteiger charge is -2.29. The molecule has 0 aliphatic carbocycles. The standard InChI is InChI=1S/C22H33N5O16P2/c23-13(10-42-44(36,37)38)19(31)25-14(5-7-17(24)28)20(32)26-15(6-8-18(29)30)21(33)27-16(22(34)35)9-11-1-3-12(4-2-11)43-45(39,40)41/h1-4,13-16H,5-10,23H2,(H2,24,28)(H,25,31)(H,26,32)(H,27,33)(H,29,30)(H,34,35)(H2,36,37,38)(H2,39,40,41)/p-5/t13-,14-,15-,16-/m0/s1. The highest BCUT2D eigenvalue weighted by Crippen LogP contribution is 2.29. The molecule has 0 saturated heterocycles. The van der Waals surface area contributed by atoms with Gasteiger partial charge in [-0.05, 0) is 43.4 Å². The number of carbonyl (C=O) groups is 6. The van der Waals surface area contributed by atoms with E-state index in [4.69, 9.17) is 5.73 Å². The first kappa shape index (κ1) is 39.1. The predicted octanol–water partition coefficient (Wildman–Crippen LogP) is -9.11. The number of phosphoric acid groups is 2. The third kappa shape index (κ3) is 16.6. The number of primary amides is 1. The number of carboxylic acid groups (broad SMARTS) is 2. The van der Waals surface area contributed by atoms with Crippen LogP contribution in [0.2, 0.25) is 0 Å². The maximum absolute atomic E-state index is 13.0. The second-order valence-corrected chi connectivity index (χ2v) is 11.5. The lowest BCUT2D eigenvalue weighted by Crippen LogP contribution is -2.71. The Balaban J connectivity index is 3.10. The first-order valence-electron chi connectivity index (χ1n) is 12.6. The molecule has 8 N–H and O–H groups in total. The van der Waals surface area contributed by atoms with E-state index in [9.17, 15) is 67.7 Å². The van der Waals surface area contributed by atoms with E-state index < -0.39 is 114 Å². The molecule has 0 radical (unpaired) electrons. The van der Waals surface area contributed by atoms with Gasteiger partial charge in [-0.3, -0.25) is 19.2 Å². The summed E-state index contributed by atoms with van der Waals surface area (Å²) < 4.78 is 29.5. The summed E-state index contributed by atoms with van der Waals surface area (Å²) in [5.41, 5.74) is 8.54. The van der Waals surface area contributed by atoms with E-state index in [1.165, 1.54) is 12.1 Å². The number of carbonyl (C=O) groups excluding carboxylic acids is 6. The monoisotopic (exact) mass is 680 g/mol. The largest absolute Gasteiger partial charge is 0.790 e. The lowest BCUT2D eigenvalue weighted by atomic mass is 10.0. The second kappa shape index (κ2) is 17.5. The Morgan fingerprint density at radius 2 is 1.27 bits per heavy atom. The summed E-state index contributed by atoms with van der Waals surface area (Å²) in [7, 11) is -10.8. The van der Waals surface area contributed by atoms with Crippen LogP contribution in [0.5, 0.6) is 5.75 Å². The average Bonchev–Trinajstić information content (AvgIpc) is 2.90. The van der Waals surface area contributed by atoms with E-state index in [0.29, 0.717) is 0 Å². The van der Waals surface area contributed by atoms with Crippen LogP contribution in [0.3, 0.4) is 0 Å². The van der Waals surface area contributed by atoms with Crippen molar-refractivity contribution in [3.8, 4) is 5.75 Å². The number of nitrogens with two attached hydrogens (primary N) is 1. The van der Waals surface area contributed by atoms with Crippen LogP contribution >= 0.6 is 15.6 Å². The number of rotatable bonds is 20. The van der Waals surface area contributed by atoms with Gasteiger partial charge in [-0.1, -0.05) is 12.1 Å². The smallest absolute Gasteiger partial charge is 0.281 e. The van der Waals surface area contributed by atoms with Crippen LogP contribution in [0.25, 0.3) is 0 Å². The zero-order valence-electron chi connectivity index (χ0n) is 23.1. The Kier molecular flexibility index (Phi) is 15.2. The summed E-state index contributed by atoms with van der Waals surface area (Å²) in [6.07, 6.45) is -2.93. The molecule has 252 valence electrons. The molecule has 0 fully saturated rings. The number of hydrogen-bond acceptors (Lipinski definition) is 16. The van der Waals surface area contributed by atoms with Crippen LogP contribution in [-0.4, -0.2) is 66.3 Å². The third-order valence-corrected chi connectivity index (χ3v) is 6.47. The van der Waals surface area contributed by atoms with Crippen molar-refractivity contribution in [2.75, 3.05) is 6.61 Å². The quantitative estimate of drug-likeness (QED) is 0.0798. The van der Waals surface area contributed by atoms with Gasteiger partial charge >= 0.3 is 0 Å². The molecule has 0 bridgehead atoms. The summed E-state index contributed by atoms with van der Waals surface area (Å²) in [6, 6.07) is -2.39. The number of quaternary nitrogens is 1. The molecular formula is C22H28N5O16P2-5. The molecule has 0 unspecified atom stereocenters. The number of amides is 4. The summed E-state index contributed by atoms with van der Waals surface area (Å²) in [5, 5.41) is 29.0. The Morgan fingerprint density at radius 1 is 0.778 bits per heavy atom.